The Bertz CT molecular complexity index is 1290. The smallest absolute Gasteiger partial charge is 0.257 e. The number of ether oxygens (including phenoxy) is 1. The van der Waals surface area contributed by atoms with E-state index in [0.29, 0.717) is 55.5 Å². The number of pyridine rings is 1. The van der Waals surface area contributed by atoms with E-state index >= 15 is 0 Å². The molecule has 33 heavy (non-hydrogen) atoms. The molecule has 0 radical (unpaired) electrons. The SMILES string of the molecule is N#Cc1ccc(N2CCC3(CC2)OC2CCC(c4cc(F)cc(F)c4)N2C3=O)n2ncnc12. The summed E-state index contributed by atoms with van der Waals surface area (Å²) >= 11 is 0. The summed E-state index contributed by atoms with van der Waals surface area (Å²) in [5.41, 5.74) is 0.473. The molecular formula is C23H20F2N6O2. The molecule has 1 aromatic carbocycles. The lowest BCUT2D eigenvalue weighted by molar-refractivity contribution is -0.140. The standard InChI is InChI=1S/C23H20F2N6O2/c24-16-9-15(10-17(25)11-16)18-2-4-20-30(18)22(32)23(33-20)5-7-29(8-6-23)19-3-1-14(12-26)21-27-13-28-31(19)21/h1,3,9-11,13,18,20H,2,4-8H2. The quantitative estimate of drug-likeness (QED) is 0.597. The Kier molecular flexibility index (Phi) is 4.39. The molecule has 0 bridgehead atoms. The molecule has 5 heterocycles. The first kappa shape index (κ1) is 20.1. The number of amides is 1. The topological polar surface area (TPSA) is 86.8 Å². The molecule has 8 nitrogen and oxygen atoms in total. The minimum absolute atomic E-state index is 0.106. The second-order valence-electron chi connectivity index (χ2n) is 8.77. The predicted octanol–water partition coefficient (Wildman–Crippen LogP) is 2.94. The van der Waals surface area contributed by atoms with Crippen LogP contribution in [0.15, 0.2) is 36.7 Å². The van der Waals surface area contributed by atoms with Gasteiger partial charge < -0.3 is 14.5 Å². The summed E-state index contributed by atoms with van der Waals surface area (Å²) in [6.07, 6.45) is 3.25. The third-order valence-electron chi connectivity index (χ3n) is 7.01. The van der Waals surface area contributed by atoms with Crippen LogP contribution >= 0.6 is 0 Å². The van der Waals surface area contributed by atoms with Crippen molar-refractivity contribution in [3.8, 4) is 6.07 Å². The number of hydrogen-bond acceptors (Lipinski definition) is 6. The number of rotatable bonds is 2. The molecule has 3 aliphatic heterocycles. The van der Waals surface area contributed by atoms with Crippen molar-refractivity contribution < 1.29 is 18.3 Å². The summed E-state index contributed by atoms with van der Waals surface area (Å²) in [6.45, 7) is 1.12. The van der Waals surface area contributed by atoms with Crippen LogP contribution in [0.25, 0.3) is 5.65 Å². The highest BCUT2D eigenvalue weighted by atomic mass is 19.1. The van der Waals surface area contributed by atoms with E-state index in [0.717, 1.165) is 11.9 Å². The van der Waals surface area contributed by atoms with Gasteiger partial charge in [-0.05, 0) is 42.7 Å². The summed E-state index contributed by atoms with van der Waals surface area (Å²) in [5.74, 6) is -0.600. The largest absolute Gasteiger partial charge is 0.356 e. The van der Waals surface area contributed by atoms with E-state index in [9.17, 15) is 18.8 Å². The number of halogens is 2. The molecule has 0 saturated carbocycles. The van der Waals surface area contributed by atoms with Crippen LogP contribution in [0, 0.1) is 23.0 Å². The van der Waals surface area contributed by atoms with Gasteiger partial charge in [0.15, 0.2) is 11.2 Å². The molecule has 168 valence electrons. The van der Waals surface area contributed by atoms with Gasteiger partial charge >= 0.3 is 0 Å². The molecule has 6 rings (SSSR count). The van der Waals surface area contributed by atoms with Gasteiger partial charge in [0.1, 0.15) is 36.1 Å². The molecule has 2 atom stereocenters. The monoisotopic (exact) mass is 450 g/mol. The molecule has 3 aromatic rings. The van der Waals surface area contributed by atoms with E-state index in [1.807, 2.05) is 6.07 Å². The molecule has 10 heteroatoms. The van der Waals surface area contributed by atoms with Crippen molar-refractivity contribution in [2.45, 2.75) is 43.6 Å². The van der Waals surface area contributed by atoms with Crippen LogP contribution < -0.4 is 4.90 Å². The highest BCUT2D eigenvalue weighted by molar-refractivity contribution is 5.88. The predicted molar refractivity (Wildman–Crippen MR) is 112 cm³/mol. The highest BCUT2D eigenvalue weighted by Gasteiger charge is 2.58. The van der Waals surface area contributed by atoms with E-state index in [4.69, 9.17) is 4.74 Å². The first-order valence-electron chi connectivity index (χ1n) is 10.9. The van der Waals surface area contributed by atoms with E-state index in [1.54, 1.807) is 15.5 Å². The minimum atomic E-state index is -0.931. The second kappa shape index (κ2) is 7.22. The average Bonchev–Trinajstić information content (AvgIpc) is 3.50. The second-order valence-corrected chi connectivity index (χ2v) is 8.77. The molecule has 0 aliphatic carbocycles. The van der Waals surface area contributed by atoms with Crippen molar-refractivity contribution in [3.05, 3.63) is 59.4 Å². The number of benzene rings is 1. The lowest BCUT2D eigenvalue weighted by Gasteiger charge is -2.38. The first-order chi connectivity index (χ1) is 16.0. The average molecular weight is 450 g/mol. The van der Waals surface area contributed by atoms with Crippen LogP contribution in [0.2, 0.25) is 0 Å². The molecular weight excluding hydrogens is 430 g/mol. The van der Waals surface area contributed by atoms with Crippen molar-refractivity contribution in [3.63, 3.8) is 0 Å². The number of nitrogens with zero attached hydrogens (tertiary/aromatic N) is 6. The normalized spacial score (nSPS) is 24.0. The third-order valence-corrected chi connectivity index (χ3v) is 7.01. The molecule has 1 spiro atoms. The number of nitriles is 1. The number of carbonyl (C=O) groups excluding carboxylic acids is 1. The van der Waals surface area contributed by atoms with Crippen LogP contribution in [0.1, 0.15) is 42.9 Å². The van der Waals surface area contributed by atoms with E-state index < -0.39 is 23.3 Å². The summed E-state index contributed by atoms with van der Waals surface area (Å²) in [7, 11) is 0. The minimum Gasteiger partial charge on any atom is -0.356 e. The Morgan fingerprint density at radius 1 is 1.12 bits per heavy atom. The molecule has 2 unspecified atom stereocenters. The van der Waals surface area contributed by atoms with Crippen molar-refractivity contribution in [2.24, 2.45) is 0 Å². The molecule has 2 aromatic heterocycles. The van der Waals surface area contributed by atoms with Crippen molar-refractivity contribution >= 4 is 17.4 Å². The molecule has 1 amide bonds. The maximum Gasteiger partial charge on any atom is 0.257 e. The fraction of sp³-hybridized carbons (Fsp3) is 0.391. The zero-order valence-corrected chi connectivity index (χ0v) is 17.6. The van der Waals surface area contributed by atoms with Crippen molar-refractivity contribution in [2.75, 3.05) is 18.0 Å². The van der Waals surface area contributed by atoms with Gasteiger partial charge in [-0.25, -0.2) is 13.8 Å². The van der Waals surface area contributed by atoms with Gasteiger partial charge in [-0.3, -0.25) is 4.79 Å². The van der Waals surface area contributed by atoms with Gasteiger partial charge in [-0.15, -0.1) is 0 Å². The van der Waals surface area contributed by atoms with Crippen molar-refractivity contribution in [1.29, 1.82) is 5.26 Å². The van der Waals surface area contributed by atoms with Crippen LogP contribution in [0.3, 0.4) is 0 Å². The van der Waals surface area contributed by atoms with E-state index in [-0.39, 0.29) is 12.1 Å². The van der Waals surface area contributed by atoms with Crippen LogP contribution in [-0.2, 0) is 9.53 Å². The fourth-order valence-corrected chi connectivity index (χ4v) is 5.46. The Morgan fingerprint density at radius 2 is 1.88 bits per heavy atom. The number of hydrogen-bond donors (Lipinski definition) is 0. The number of carbonyl (C=O) groups is 1. The lowest BCUT2D eigenvalue weighted by atomic mass is 9.89. The Balaban J connectivity index is 1.24. The summed E-state index contributed by atoms with van der Waals surface area (Å²) in [4.78, 5) is 21.5. The van der Waals surface area contributed by atoms with Crippen molar-refractivity contribution in [1.82, 2.24) is 19.5 Å². The number of fused-ring (bicyclic) bond motifs is 2. The molecule has 0 N–H and O–H groups in total. The van der Waals surface area contributed by atoms with Crippen LogP contribution in [0.4, 0.5) is 14.6 Å². The molecule has 3 aliphatic rings. The Morgan fingerprint density at radius 3 is 2.61 bits per heavy atom. The highest BCUT2D eigenvalue weighted by Crippen LogP contribution is 2.48. The number of anilines is 1. The molecule has 3 fully saturated rings. The van der Waals surface area contributed by atoms with Gasteiger partial charge in [0.05, 0.1) is 11.6 Å². The number of aromatic nitrogens is 3. The lowest BCUT2D eigenvalue weighted by Crippen LogP contribution is -2.50. The maximum atomic E-state index is 13.8. The van der Waals surface area contributed by atoms with Crippen LogP contribution in [-0.4, -0.2) is 50.3 Å². The van der Waals surface area contributed by atoms with E-state index in [2.05, 4.69) is 21.1 Å². The summed E-state index contributed by atoms with van der Waals surface area (Å²) < 4.78 is 35.6. The van der Waals surface area contributed by atoms with Gasteiger partial charge in [-0.2, -0.15) is 14.9 Å². The maximum absolute atomic E-state index is 13.8. The Hall–Kier alpha value is -3.58. The third kappa shape index (κ3) is 2.99. The first-order valence-corrected chi connectivity index (χ1v) is 10.9. The van der Waals surface area contributed by atoms with Gasteiger partial charge in [-0.1, -0.05) is 0 Å². The Labute approximate surface area is 188 Å². The van der Waals surface area contributed by atoms with Gasteiger partial charge in [0.25, 0.3) is 5.91 Å². The fourth-order valence-electron chi connectivity index (χ4n) is 5.46. The molecule has 3 saturated heterocycles. The number of piperidine rings is 1. The van der Waals surface area contributed by atoms with Gasteiger partial charge in [0, 0.05) is 32.0 Å². The van der Waals surface area contributed by atoms with Crippen LogP contribution in [0.5, 0.6) is 0 Å². The van der Waals surface area contributed by atoms with Gasteiger partial charge in [0.2, 0.25) is 0 Å². The van der Waals surface area contributed by atoms with E-state index in [1.165, 1.54) is 18.5 Å². The summed E-state index contributed by atoms with van der Waals surface area (Å²) in [6, 6.07) is 8.72. The zero-order chi connectivity index (χ0) is 22.7. The zero-order valence-electron chi connectivity index (χ0n) is 17.6. The summed E-state index contributed by atoms with van der Waals surface area (Å²) in [5, 5.41) is 13.5.